The number of anilines is 1. The Morgan fingerprint density at radius 3 is 2.58 bits per heavy atom. The average molecular weight is 341 g/mol. The fraction of sp³-hybridized carbons (Fsp3) is 0.429. The summed E-state index contributed by atoms with van der Waals surface area (Å²) in [6.07, 6.45) is 4.89. The number of piperidine rings is 1. The molecule has 2 N–H and O–H groups in total. The molecule has 2 nitrogen and oxygen atoms in total. The van der Waals surface area contributed by atoms with Crippen molar-refractivity contribution in [2.75, 3.05) is 25.4 Å². The van der Waals surface area contributed by atoms with Crippen LogP contribution in [0.2, 0.25) is 5.02 Å². The van der Waals surface area contributed by atoms with Crippen molar-refractivity contribution >= 4 is 17.3 Å². The minimum absolute atomic E-state index is 0.612. The molecule has 1 heterocycles. The molecule has 3 heteroatoms. The summed E-state index contributed by atoms with van der Waals surface area (Å²) in [7, 11) is 0. The number of aryl methyl sites for hydroxylation is 1. The van der Waals surface area contributed by atoms with Gasteiger partial charge >= 0.3 is 0 Å². The van der Waals surface area contributed by atoms with Crippen molar-refractivity contribution in [2.24, 2.45) is 0 Å². The normalized spacial score (nSPS) is 21.8. The van der Waals surface area contributed by atoms with E-state index >= 15 is 0 Å². The fourth-order valence-electron chi connectivity index (χ4n) is 4.44. The van der Waals surface area contributed by atoms with Crippen molar-refractivity contribution in [3.8, 4) is 0 Å². The molecule has 0 saturated carbocycles. The van der Waals surface area contributed by atoms with Gasteiger partial charge in [-0.3, -0.25) is 0 Å². The quantitative estimate of drug-likeness (QED) is 0.811. The number of nitrogens with zero attached hydrogens (tertiary/aromatic N) is 1. The molecule has 0 amide bonds. The molecule has 1 atom stereocenters. The maximum Gasteiger partial charge on any atom is 0.0440 e. The third-order valence-electron chi connectivity index (χ3n) is 5.78. The van der Waals surface area contributed by atoms with Gasteiger partial charge in [-0.15, -0.1) is 0 Å². The van der Waals surface area contributed by atoms with Crippen molar-refractivity contribution in [3.63, 3.8) is 0 Å². The molecular weight excluding hydrogens is 316 g/mol. The van der Waals surface area contributed by atoms with E-state index in [0.717, 1.165) is 10.7 Å². The van der Waals surface area contributed by atoms with E-state index in [0.29, 0.717) is 11.8 Å². The van der Waals surface area contributed by atoms with E-state index in [1.54, 1.807) is 0 Å². The predicted octanol–water partition coefficient (Wildman–Crippen LogP) is 4.83. The van der Waals surface area contributed by atoms with Gasteiger partial charge in [0.05, 0.1) is 0 Å². The molecule has 1 aliphatic carbocycles. The molecule has 2 aromatic carbocycles. The van der Waals surface area contributed by atoms with E-state index < -0.39 is 0 Å². The van der Waals surface area contributed by atoms with Crippen molar-refractivity contribution in [3.05, 3.63) is 64.2 Å². The summed E-state index contributed by atoms with van der Waals surface area (Å²) in [5.41, 5.74) is 11.2. The molecule has 1 saturated heterocycles. The number of benzene rings is 2. The van der Waals surface area contributed by atoms with Gasteiger partial charge < -0.3 is 10.6 Å². The highest BCUT2D eigenvalue weighted by Gasteiger charge is 2.27. The average Bonchev–Trinajstić information content (AvgIpc) is 2.98. The summed E-state index contributed by atoms with van der Waals surface area (Å²) in [6, 6.07) is 14.8. The Labute approximate surface area is 149 Å². The number of halogens is 1. The Kier molecular flexibility index (Phi) is 4.51. The smallest absolute Gasteiger partial charge is 0.0440 e. The molecule has 1 fully saturated rings. The lowest BCUT2D eigenvalue weighted by Gasteiger charge is -2.34. The molecular formula is C21H25ClN2. The van der Waals surface area contributed by atoms with Crippen LogP contribution < -0.4 is 5.73 Å². The summed E-state index contributed by atoms with van der Waals surface area (Å²) in [5.74, 6) is 1.27. The maximum absolute atomic E-state index is 6.38. The minimum Gasteiger partial charge on any atom is -0.399 e. The van der Waals surface area contributed by atoms with Gasteiger partial charge in [0.1, 0.15) is 0 Å². The van der Waals surface area contributed by atoms with Crippen molar-refractivity contribution in [1.29, 1.82) is 0 Å². The zero-order chi connectivity index (χ0) is 16.5. The largest absolute Gasteiger partial charge is 0.399 e. The SMILES string of the molecule is Nc1ccc2c(c1)C(CN1CCC(c3ccccc3Cl)CC1)CC2. The van der Waals surface area contributed by atoms with Crippen molar-refractivity contribution in [2.45, 2.75) is 37.5 Å². The Morgan fingerprint density at radius 2 is 1.79 bits per heavy atom. The molecule has 0 radical (unpaired) electrons. The highest BCUT2D eigenvalue weighted by Crippen LogP contribution is 2.37. The van der Waals surface area contributed by atoms with Gasteiger partial charge in [0.25, 0.3) is 0 Å². The molecule has 0 aromatic heterocycles. The third-order valence-corrected chi connectivity index (χ3v) is 6.13. The summed E-state index contributed by atoms with van der Waals surface area (Å²) < 4.78 is 0. The first-order valence-electron chi connectivity index (χ1n) is 9.06. The van der Waals surface area contributed by atoms with Gasteiger partial charge in [0.15, 0.2) is 0 Å². The molecule has 126 valence electrons. The molecule has 1 unspecified atom stereocenters. The molecule has 0 spiro atoms. The molecule has 2 aromatic rings. The summed E-state index contributed by atoms with van der Waals surface area (Å²) in [5, 5.41) is 0.927. The standard InChI is InChI=1S/C21H25ClN2/c22-21-4-2-1-3-19(21)16-9-11-24(12-10-16)14-17-6-5-15-7-8-18(23)13-20(15)17/h1-4,7-8,13,16-17H,5-6,9-12,14,23H2. The van der Waals surface area contributed by atoms with Crippen LogP contribution in [0, 0.1) is 0 Å². The molecule has 24 heavy (non-hydrogen) atoms. The number of fused-ring (bicyclic) bond motifs is 1. The molecule has 4 rings (SSSR count). The second kappa shape index (κ2) is 6.78. The Hall–Kier alpha value is -1.51. The summed E-state index contributed by atoms with van der Waals surface area (Å²) >= 11 is 6.38. The van der Waals surface area contributed by atoms with Gasteiger partial charge in [0, 0.05) is 17.3 Å². The lowest BCUT2D eigenvalue weighted by molar-refractivity contribution is 0.200. The van der Waals surface area contributed by atoms with Crippen LogP contribution in [0.5, 0.6) is 0 Å². The Morgan fingerprint density at radius 1 is 1.00 bits per heavy atom. The summed E-state index contributed by atoms with van der Waals surface area (Å²) in [4.78, 5) is 2.64. The molecule has 2 aliphatic rings. The highest BCUT2D eigenvalue weighted by molar-refractivity contribution is 6.31. The lowest BCUT2D eigenvalue weighted by Crippen LogP contribution is -2.35. The Bertz CT molecular complexity index is 720. The van der Waals surface area contributed by atoms with Gasteiger partial charge in [-0.05, 0) is 85.5 Å². The van der Waals surface area contributed by atoms with Gasteiger partial charge in [0.2, 0.25) is 0 Å². The second-order valence-electron chi connectivity index (χ2n) is 7.29. The monoisotopic (exact) mass is 340 g/mol. The van der Waals surface area contributed by atoms with Crippen LogP contribution in [0.15, 0.2) is 42.5 Å². The first-order valence-corrected chi connectivity index (χ1v) is 9.43. The zero-order valence-corrected chi connectivity index (χ0v) is 14.8. The van der Waals surface area contributed by atoms with E-state index in [9.17, 15) is 0 Å². The highest BCUT2D eigenvalue weighted by atomic mass is 35.5. The van der Waals surface area contributed by atoms with Crippen LogP contribution in [-0.2, 0) is 6.42 Å². The van der Waals surface area contributed by atoms with E-state index in [-0.39, 0.29) is 0 Å². The number of hydrogen-bond acceptors (Lipinski definition) is 2. The van der Waals surface area contributed by atoms with Crippen LogP contribution in [0.4, 0.5) is 5.69 Å². The second-order valence-corrected chi connectivity index (χ2v) is 7.70. The first kappa shape index (κ1) is 16.0. The number of nitrogens with two attached hydrogens (primary N) is 1. The molecule has 0 bridgehead atoms. The molecule has 1 aliphatic heterocycles. The fourth-order valence-corrected chi connectivity index (χ4v) is 4.73. The first-order chi connectivity index (χ1) is 11.7. The van der Waals surface area contributed by atoms with Gasteiger partial charge in [-0.2, -0.15) is 0 Å². The van der Waals surface area contributed by atoms with E-state index in [2.05, 4.69) is 29.2 Å². The number of likely N-dealkylation sites (tertiary alicyclic amines) is 1. The van der Waals surface area contributed by atoms with E-state index in [4.69, 9.17) is 17.3 Å². The number of rotatable bonds is 3. The lowest BCUT2D eigenvalue weighted by atomic mass is 9.88. The van der Waals surface area contributed by atoms with Gasteiger partial charge in [-0.1, -0.05) is 35.9 Å². The van der Waals surface area contributed by atoms with Crippen LogP contribution >= 0.6 is 11.6 Å². The number of nitrogen functional groups attached to an aromatic ring is 1. The van der Waals surface area contributed by atoms with Crippen molar-refractivity contribution < 1.29 is 0 Å². The van der Waals surface area contributed by atoms with Gasteiger partial charge in [-0.25, -0.2) is 0 Å². The van der Waals surface area contributed by atoms with Crippen molar-refractivity contribution in [1.82, 2.24) is 4.90 Å². The third kappa shape index (κ3) is 3.18. The predicted molar refractivity (Wildman–Crippen MR) is 102 cm³/mol. The zero-order valence-electron chi connectivity index (χ0n) is 14.0. The summed E-state index contributed by atoms with van der Waals surface area (Å²) in [6.45, 7) is 3.51. The van der Waals surface area contributed by atoms with E-state index in [1.807, 2.05) is 18.2 Å². The van der Waals surface area contributed by atoms with Crippen LogP contribution in [0.3, 0.4) is 0 Å². The van der Waals surface area contributed by atoms with E-state index in [1.165, 1.54) is 62.0 Å². The minimum atomic E-state index is 0.612. The van der Waals surface area contributed by atoms with Crippen LogP contribution in [-0.4, -0.2) is 24.5 Å². The van der Waals surface area contributed by atoms with Crippen LogP contribution in [0.25, 0.3) is 0 Å². The Balaban J connectivity index is 1.38. The topological polar surface area (TPSA) is 29.3 Å². The number of hydrogen-bond donors (Lipinski definition) is 1. The maximum atomic E-state index is 6.38. The van der Waals surface area contributed by atoms with Crippen LogP contribution in [0.1, 0.15) is 47.8 Å².